The molecule has 2 atom stereocenters. The summed E-state index contributed by atoms with van der Waals surface area (Å²) in [5, 5.41) is 2.84. The summed E-state index contributed by atoms with van der Waals surface area (Å²) < 4.78 is 31.8. The molecular weight excluding hydrogens is 318 g/mol. The van der Waals surface area contributed by atoms with E-state index >= 15 is 0 Å². The second-order valence-electron chi connectivity index (χ2n) is 5.67. The first-order valence-electron chi connectivity index (χ1n) is 7.55. The molecule has 7 nitrogen and oxygen atoms in total. The summed E-state index contributed by atoms with van der Waals surface area (Å²) in [4.78, 5) is 16.3. The van der Waals surface area contributed by atoms with Crippen LogP contribution in [0.5, 0.6) is 0 Å². The number of rotatable bonds is 4. The molecule has 0 radical (unpaired) electrons. The molecule has 2 aliphatic heterocycles. The van der Waals surface area contributed by atoms with Crippen molar-refractivity contribution in [1.29, 1.82) is 0 Å². The van der Waals surface area contributed by atoms with Crippen LogP contribution in [0.4, 0.5) is 0 Å². The minimum absolute atomic E-state index is 0.0392. The zero-order chi connectivity index (χ0) is 16.4. The van der Waals surface area contributed by atoms with Gasteiger partial charge in [-0.25, -0.2) is 8.42 Å². The van der Waals surface area contributed by atoms with E-state index in [0.717, 1.165) is 19.4 Å². The molecule has 2 unspecified atom stereocenters. The first-order chi connectivity index (χ1) is 11.0. The lowest BCUT2D eigenvalue weighted by atomic mass is 10.1. The van der Waals surface area contributed by atoms with Crippen molar-refractivity contribution in [3.05, 3.63) is 29.8 Å². The molecule has 0 aliphatic carbocycles. The molecular formula is C15H19N3O4S. The van der Waals surface area contributed by atoms with E-state index in [-0.39, 0.29) is 35.3 Å². The van der Waals surface area contributed by atoms with Crippen LogP contribution in [0.15, 0.2) is 34.2 Å². The predicted molar refractivity (Wildman–Crippen MR) is 84.7 cm³/mol. The average Bonchev–Trinajstić information content (AvgIpc) is 3.13. The van der Waals surface area contributed by atoms with E-state index < -0.39 is 10.0 Å². The number of amidine groups is 1. The molecule has 1 saturated heterocycles. The molecule has 1 aromatic carbocycles. The summed E-state index contributed by atoms with van der Waals surface area (Å²) in [6.07, 6.45) is 1.98. The van der Waals surface area contributed by atoms with Gasteiger partial charge in [-0.3, -0.25) is 14.5 Å². The maximum Gasteiger partial charge on any atom is 0.263 e. The van der Waals surface area contributed by atoms with E-state index in [1.54, 1.807) is 18.2 Å². The summed E-state index contributed by atoms with van der Waals surface area (Å²) in [5.41, 5.74) is 0.493. The Morgan fingerprint density at radius 3 is 3.00 bits per heavy atom. The van der Waals surface area contributed by atoms with Crippen LogP contribution in [0.1, 0.15) is 25.3 Å². The number of nitrogens with one attached hydrogen (secondary N) is 2. The van der Waals surface area contributed by atoms with Crippen molar-refractivity contribution in [2.24, 2.45) is 4.99 Å². The molecule has 2 N–H and O–H groups in total. The highest BCUT2D eigenvalue weighted by atomic mass is 32.2. The van der Waals surface area contributed by atoms with Gasteiger partial charge in [-0.05, 0) is 31.9 Å². The molecule has 0 spiro atoms. The van der Waals surface area contributed by atoms with Crippen molar-refractivity contribution in [3.8, 4) is 0 Å². The Hall–Kier alpha value is -1.93. The lowest BCUT2D eigenvalue weighted by Crippen LogP contribution is -2.42. The van der Waals surface area contributed by atoms with Gasteiger partial charge in [0.25, 0.3) is 10.0 Å². The van der Waals surface area contributed by atoms with Crippen LogP contribution in [-0.2, 0) is 19.6 Å². The van der Waals surface area contributed by atoms with Gasteiger partial charge in [0.15, 0.2) is 0 Å². The summed E-state index contributed by atoms with van der Waals surface area (Å²) >= 11 is 0. The van der Waals surface area contributed by atoms with Crippen LogP contribution in [-0.4, -0.2) is 45.5 Å². The van der Waals surface area contributed by atoms with Gasteiger partial charge in [0.2, 0.25) is 5.91 Å². The van der Waals surface area contributed by atoms with Gasteiger partial charge < -0.3 is 10.1 Å². The summed E-state index contributed by atoms with van der Waals surface area (Å²) in [5.74, 6) is -0.0513. The summed E-state index contributed by atoms with van der Waals surface area (Å²) in [6.45, 7) is 2.49. The van der Waals surface area contributed by atoms with E-state index in [1.807, 2.05) is 6.92 Å². The Morgan fingerprint density at radius 1 is 1.48 bits per heavy atom. The van der Waals surface area contributed by atoms with E-state index in [9.17, 15) is 13.2 Å². The van der Waals surface area contributed by atoms with Gasteiger partial charge in [-0.2, -0.15) is 0 Å². The highest BCUT2D eigenvalue weighted by molar-refractivity contribution is 7.90. The fourth-order valence-corrected chi connectivity index (χ4v) is 4.04. The normalized spacial score (nSPS) is 24.9. The first-order valence-corrected chi connectivity index (χ1v) is 9.03. The zero-order valence-electron chi connectivity index (χ0n) is 12.8. The number of benzene rings is 1. The van der Waals surface area contributed by atoms with Crippen molar-refractivity contribution >= 4 is 21.8 Å². The molecule has 0 saturated carbocycles. The van der Waals surface area contributed by atoms with E-state index in [2.05, 4.69) is 15.0 Å². The largest absolute Gasteiger partial charge is 0.376 e. The predicted octanol–water partition coefficient (Wildman–Crippen LogP) is 0.409. The van der Waals surface area contributed by atoms with Crippen molar-refractivity contribution in [2.75, 3.05) is 13.2 Å². The number of amides is 1. The standard InChI is InChI=1S/C15H19N3O4S/c1-10(12-6-4-8-22-12)17-14(19)9-16-15-11-5-2-3-7-13(11)23(20,21)18-15/h2-3,5,7,10,12H,4,6,8-9H2,1H3,(H,16,18)(H,17,19). The quantitative estimate of drug-likeness (QED) is 0.831. The molecule has 124 valence electrons. The van der Waals surface area contributed by atoms with Crippen LogP contribution >= 0.6 is 0 Å². The highest BCUT2D eigenvalue weighted by Crippen LogP contribution is 2.22. The third kappa shape index (κ3) is 3.37. The van der Waals surface area contributed by atoms with Gasteiger partial charge in [0, 0.05) is 12.2 Å². The fourth-order valence-electron chi connectivity index (χ4n) is 2.79. The molecule has 1 amide bonds. The number of hydrogen-bond acceptors (Lipinski definition) is 5. The van der Waals surface area contributed by atoms with Crippen LogP contribution in [0.25, 0.3) is 0 Å². The number of nitrogens with zero attached hydrogens (tertiary/aromatic N) is 1. The lowest BCUT2D eigenvalue weighted by molar-refractivity contribution is -0.121. The second-order valence-corrected chi connectivity index (χ2v) is 7.32. The van der Waals surface area contributed by atoms with Gasteiger partial charge in [0.05, 0.1) is 17.0 Å². The molecule has 2 heterocycles. The van der Waals surface area contributed by atoms with E-state index in [0.29, 0.717) is 5.56 Å². The molecule has 0 bridgehead atoms. The molecule has 23 heavy (non-hydrogen) atoms. The van der Waals surface area contributed by atoms with Crippen LogP contribution in [0.2, 0.25) is 0 Å². The Labute approximate surface area is 135 Å². The average molecular weight is 337 g/mol. The molecule has 2 aliphatic rings. The first kappa shape index (κ1) is 15.9. The minimum atomic E-state index is -3.57. The van der Waals surface area contributed by atoms with E-state index in [1.165, 1.54) is 6.07 Å². The Balaban J connectivity index is 1.65. The molecule has 0 aromatic heterocycles. The monoisotopic (exact) mass is 337 g/mol. The molecule has 8 heteroatoms. The van der Waals surface area contributed by atoms with Gasteiger partial charge in [0.1, 0.15) is 12.4 Å². The lowest BCUT2D eigenvalue weighted by Gasteiger charge is -2.19. The summed E-state index contributed by atoms with van der Waals surface area (Å²) in [7, 11) is -3.57. The minimum Gasteiger partial charge on any atom is -0.376 e. The number of sulfonamides is 1. The zero-order valence-corrected chi connectivity index (χ0v) is 13.6. The number of hydrogen-bond donors (Lipinski definition) is 2. The SMILES string of the molecule is CC(NC(=O)CN=C1NS(=O)(=O)c2ccccc21)C1CCCO1. The Morgan fingerprint density at radius 2 is 2.26 bits per heavy atom. The van der Waals surface area contributed by atoms with Crippen molar-refractivity contribution in [1.82, 2.24) is 10.0 Å². The molecule has 1 fully saturated rings. The molecule has 1 aromatic rings. The smallest absolute Gasteiger partial charge is 0.263 e. The van der Waals surface area contributed by atoms with Gasteiger partial charge in [-0.1, -0.05) is 12.1 Å². The number of carbonyl (C=O) groups is 1. The van der Waals surface area contributed by atoms with Gasteiger partial charge >= 0.3 is 0 Å². The van der Waals surface area contributed by atoms with Crippen molar-refractivity contribution < 1.29 is 17.9 Å². The molecule has 3 rings (SSSR count). The number of ether oxygens (including phenoxy) is 1. The third-order valence-corrected chi connectivity index (χ3v) is 5.35. The number of carbonyl (C=O) groups excluding carboxylic acids is 1. The Kier molecular flexibility index (Phi) is 4.36. The van der Waals surface area contributed by atoms with Crippen LogP contribution in [0.3, 0.4) is 0 Å². The maximum absolute atomic E-state index is 12.0. The third-order valence-electron chi connectivity index (χ3n) is 3.95. The topological polar surface area (TPSA) is 96.9 Å². The highest BCUT2D eigenvalue weighted by Gasteiger charge is 2.30. The van der Waals surface area contributed by atoms with Crippen LogP contribution < -0.4 is 10.0 Å². The van der Waals surface area contributed by atoms with E-state index in [4.69, 9.17) is 4.74 Å². The van der Waals surface area contributed by atoms with Crippen molar-refractivity contribution in [2.45, 2.75) is 36.8 Å². The van der Waals surface area contributed by atoms with Gasteiger partial charge in [-0.15, -0.1) is 0 Å². The Bertz CT molecular complexity index is 739. The summed E-state index contributed by atoms with van der Waals surface area (Å²) in [6, 6.07) is 6.48. The fraction of sp³-hybridized carbons (Fsp3) is 0.467. The number of fused-ring (bicyclic) bond motifs is 1. The maximum atomic E-state index is 12.0. The second kappa shape index (κ2) is 6.29. The number of aliphatic imine (C=N–C) groups is 1. The van der Waals surface area contributed by atoms with Crippen LogP contribution in [0, 0.1) is 0 Å². The van der Waals surface area contributed by atoms with Crippen molar-refractivity contribution in [3.63, 3.8) is 0 Å².